The molecule has 2 N–H and O–H groups in total. The Morgan fingerprint density at radius 3 is 2.00 bits per heavy atom. The van der Waals surface area contributed by atoms with Crippen molar-refractivity contribution in [3.63, 3.8) is 0 Å². The number of benzene rings is 2. The van der Waals surface area contributed by atoms with Gasteiger partial charge in [-0.25, -0.2) is 4.79 Å². The Morgan fingerprint density at radius 1 is 1.00 bits per heavy atom. The fourth-order valence-corrected chi connectivity index (χ4v) is 4.71. The number of esters is 1. The van der Waals surface area contributed by atoms with Crippen LogP contribution in [0.3, 0.4) is 0 Å². The minimum absolute atomic E-state index is 0.0403. The Balaban J connectivity index is 2.61. The van der Waals surface area contributed by atoms with Crippen LogP contribution in [0, 0.1) is 0 Å². The summed E-state index contributed by atoms with van der Waals surface area (Å²) in [6.45, 7) is 14.7. The maximum atomic E-state index is 12.4. The molecule has 0 saturated heterocycles. The number of phenols is 2. The standard InChI is InChI=1S/C23H32O5Si/c1-22(2,3)29(7,8)28-23(4,5)14-13-17-18(21(26)27-6)20(25)16-12-10-9-11-15(16)19(17)24/h9-14,24-25H,1-8H3/b14-13+. The van der Waals surface area contributed by atoms with Crippen molar-refractivity contribution >= 4 is 31.1 Å². The lowest BCUT2D eigenvalue weighted by Gasteiger charge is -2.41. The molecule has 0 atom stereocenters. The Bertz CT molecular complexity index is 952. The average molecular weight is 417 g/mol. The highest BCUT2D eigenvalue weighted by atomic mass is 28.4. The molecule has 0 aliphatic rings. The molecular formula is C23H32O5Si. The van der Waals surface area contributed by atoms with Crippen molar-refractivity contribution in [3.05, 3.63) is 41.5 Å². The van der Waals surface area contributed by atoms with Crippen molar-refractivity contribution in [1.82, 2.24) is 0 Å². The molecule has 0 saturated carbocycles. The first-order chi connectivity index (χ1) is 13.2. The summed E-state index contributed by atoms with van der Waals surface area (Å²) in [5.41, 5.74) is -0.493. The molecule has 0 bridgehead atoms. The zero-order valence-electron chi connectivity index (χ0n) is 18.6. The molecule has 2 aromatic rings. The molecule has 6 heteroatoms. The van der Waals surface area contributed by atoms with Crippen LogP contribution in [-0.4, -0.2) is 37.2 Å². The van der Waals surface area contributed by atoms with E-state index in [4.69, 9.17) is 9.16 Å². The summed E-state index contributed by atoms with van der Waals surface area (Å²) in [6, 6.07) is 6.83. The highest BCUT2D eigenvalue weighted by Crippen LogP contribution is 2.42. The third kappa shape index (κ3) is 4.65. The van der Waals surface area contributed by atoms with Gasteiger partial charge in [-0.15, -0.1) is 0 Å². The fourth-order valence-electron chi connectivity index (χ4n) is 3.02. The van der Waals surface area contributed by atoms with Gasteiger partial charge < -0.3 is 19.4 Å². The number of carbonyl (C=O) groups excluding carboxylic acids is 1. The summed E-state index contributed by atoms with van der Waals surface area (Å²) in [7, 11) is -0.802. The van der Waals surface area contributed by atoms with Crippen LogP contribution in [0.15, 0.2) is 30.3 Å². The van der Waals surface area contributed by atoms with Crippen molar-refractivity contribution in [1.29, 1.82) is 0 Å². The van der Waals surface area contributed by atoms with Gasteiger partial charge in [0.1, 0.15) is 17.1 Å². The lowest BCUT2D eigenvalue weighted by atomic mass is 9.96. The molecule has 5 nitrogen and oxygen atoms in total. The first-order valence-corrected chi connectivity index (χ1v) is 12.6. The van der Waals surface area contributed by atoms with Gasteiger partial charge in [-0.3, -0.25) is 0 Å². The predicted molar refractivity (Wildman–Crippen MR) is 120 cm³/mol. The summed E-state index contributed by atoms with van der Waals surface area (Å²) in [4.78, 5) is 12.4. The van der Waals surface area contributed by atoms with Gasteiger partial charge in [-0.2, -0.15) is 0 Å². The van der Waals surface area contributed by atoms with Gasteiger partial charge in [0.15, 0.2) is 8.32 Å². The molecule has 0 fully saturated rings. The molecule has 2 aromatic carbocycles. The van der Waals surface area contributed by atoms with E-state index >= 15 is 0 Å². The molecule has 0 aliphatic carbocycles. The van der Waals surface area contributed by atoms with Crippen molar-refractivity contribution < 1.29 is 24.2 Å². The van der Waals surface area contributed by atoms with E-state index in [2.05, 4.69) is 33.9 Å². The third-order valence-electron chi connectivity index (χ3n) is 5.56. The van der Waals surface area contributed by atoms with Crippen LogP contribution in [0.4, 0.5) is 0 Å². The van der Waals surface area contributed by atoms with Crippen molar-refractivity contribution in [2.24, 2.45) is 0 Å². The zero-order chi connectivity index (χ0) is 22.2. The Kier molecular flexibility index (Phi) is 6.21. The highest BCUT2D eigenvalue weighted by Gasteiger charge is 2.40. The minimum Gasteiger partial charge on any atom is -0.507 e. The lowest BCUT2D eigenvalue weighted by Crippen LogP contribution is -2.46. The second kappa shape index (κ2) is 7.84. The number of hydrogen-bond acceptors (Lipinski definition) is 5. The quantitative estimate of drug-likeness (QED) is 0.363. The molecular weight excluding hydrogens is 384 g/mol. The molecule has 0 amide bonds. The number of hydrogen-bond donors (Lipinski definition) is 2. The van der Waals surface area contributed by atoms with Crippen LogP contribution < -0.4 is 0 Å². The van der Waals surface area contributed by atoms with Crippen LogP contribution in [-0.2, 0) is 9.16 Å². The first-order valence-electron chi connectivity index (χ1n) is 9.66. The number of rotatable bonds is 5. The van der Waals surface area contributed by atoms with Gasteiger partial charge in [-0.1, -0.05) is 57.2 Å². The molecule has 0 aromatic heterocycles. The van der Waals surface area contributed by atoms with Crippen LogP contribution in [0.1, 0.15) is 50.5 Å². The van der Waals surface area contributed by atoms with Gasteiger partial charge in [0, 0.05) is 16.3 Å². The summed E-state index contributed by atoms with van der Waals surface area (Å²) < 4.78 is 11.3. The van der Waals surface area contributed by atoms with E-state index in [0.717, 1.165) is 0 Å². The molecule has 158 valence electrons. The third-order valence-corrected chi connectivity index (χ3v) is 10.2. The summed E-state index contributed by atoms with van der Waals surface area (Å²) >= 11 is 0. The number of fused-ring (bicyclic) bond motifs is 1. The molecule has 29 heavy (non-hydrogen) atoms. The minimum atomic E-state index is -2.04. The predicted octanol–water partition coefficient (Wildman–Crippen LogP) is 5.85. The Labute approximate surface area is 174 Å². The van der Waals surface area contributed by atoms with Crippen LogP contribution in [0.25, 0.3) is 16.8 Å². The van der Waals surface area contributed by atoms with E-state index in [1.807, 2.05) is 19.9 Å². The van der Waals surface area contributed by atoms with Gasteiger partial charge in [0.05, 0.1) is 12.7 Å². The van der Waals surface area contributed by atoms with Crippen molar-refractivity contribution in [2.75, 3.05) is 7.11 Å². The number of phenolic OH excluding ortho intramolecular Hbond substituents is 2. The Morgan fingerprint density at radius 2 is 1.52 bits per heavy atom. The van der Waals surface area contributed by atoms with Crippen molar-refractivity contribution in [2.45, 2.75) is 58.4 Å². The monoisotopic (exact) mass is 416 g/mol. The van der Waals surface area contributed by atoms with Crippen LogP contribution in [0.2, 0.25) is 18.1 Å². The van der Waals surface area contributed by atoms with Crippen LogP contribution >= 0.6 is 0 Å². The molecule has 0 heterocycles. The first kappa shape index (κ1) is 23.0. The van der Waals surface area contributed by atoms with E-state index in [9.17, 15) is 15.0 Å². The van der Waals surface area contributed by atoms with E-state index in [-0.39, 0.29) is 27.7 Å². The molecule has 0 unspecified atom stereocenters. The smallest absolute Gasteiger partial charge is 0.342 e. The molecule has 0 aliphatic heterocycles. The fraction of sp³-hybridized carbons (Fsp3) is 0.435. The Hall–Kier alpha value is -2.31. The topological polar surface area (TPSA) is 76.0 Å². The van der Waals surface area contributed by atoms with E-state index in [1.165, 1.54) is 7.11 Å². The molecule has 0 spiro atoms. The number of methoxy groups -OCH3 is 1. The maximum absolute atomic E-state index is 12.4. The number of aromatic hydroxyl groups is 2. The van der Waals surface area contributed by atoms with Gasteiger partial charge in [-0.05, 0) is 32.0 Å². The molecule has 0 radical (unpaired) electrons. The second-order valence-electron chi connectivity index (χ2n) is 9.32. The highest BCUT2D eigenvalue weighted by molar-refractivity contribution is 6.74. The van der Waals surface area contributed by atoms with Gasteiger partial charge in [0.25, 0.3) is 0 Å². The van der Waals surface area contributed by atoms with Crippen LogP contribution in [0.5, 0.6) is 11.5 Å². The van der Waals surface area contributed by atoms with Gasteiger partial charge >= 0.3 is 5.97 Å². The summed E-state index contributed by atoms with van der Waals surface area (Å²) in [5.74, 6) is -1.02. The lowest BCUT2D eigenvalue weighted by molar-refractivity contribution is 0.0597. The van der Waals surface area contributed by atoms with E-state index < -0.39 is 19.9 Å². The zero-order valence-corrected chi connectivity index (χ0v) is 19.6. The van der Waals surface area contributed by atoms with E-state index in [1.54, 1.807) is 30.3 Å². The summed E-state index contributed by atoms with van der Waals surface area (Å²) in [5, 5.41) is 22.5. The SMILES string of the molecule is COC(=O)c1c(/C=C/C(C)(C)O[Si](C)(C)C(C)(C)C)c(O)c2ccccc2c1O. The number of carbonyl (C=O) groups is 1. The van der Waals surface area contributed by atoms with Gasteiger partial charge in [0.2, 0.25) is 0 Å². The number of ether oxygens (including phenoxy) is 1. The largest absolute Gasteiger partial charge is 0.507 e. The normalized spacial score (nSPS) is 13.2. The second-order valence-corrected chi connectivity index (χ2v) is 14.0. The molecule has 2 rings (SSSR count). The van der Waals surface area contributed by atoms with Crippen molar-refractivity contribution in [3.8, 4) is 11.5 Å². The maximum Gasteiger partial charge on any atom is 0.342 e. The van der Waals surface area contributed by atoms with E-state index in [0.29, 0.717) is 10.8 Å². The summed E-state index contributed by atoms with van der Waals surface area (Å²) in [6.07, 6.45) is 3.43. The average Bonchev–Trinajstić information content (AvgIpc) is 2.61.